The van der Waals surface area contributed by atoms with Crippen molar-refractivity contribution in [3.8, 4) is 11.3 Å². The summed E-state index contributed by atoms with van der Waals surface area (Å²) in [5.74, 6) is -1.57. The second kappa shape index (κ2) is 10.8. The number of likely N-dealkylation sites (N-methyl/N-ethyl adjacent to an activating group) is 1. The highest BCUT2D eigenvalue weighted by Crippen LogP contribution is 2.28. The van der Waals surface area contributed by atoms with Crippen LogP contribution in [-0.2, 0) is 24.6 Å². The fraction of sp³-hybridized carbons (Fsp3) is 0.333. The van der Waals surface area contributed by atoms with Gasteiger partial charge in [0.25, 0.3) is 11.8 Å². The first-order chi connectivity index (χ1) is 16.9. The van der Waals surface area contributed by atoms with Crippen LogP contribution in [0.1, 0.15) is 46.1 Å². The van der Waals surface area contributed by atoms with Gasteiger partial charge in [-0.2, -0.15) is 18.3 Å². The maximum absolute atomic E-state index is 12.8. The molecule has 3 aromatic rings. The maximum Gasteiger partial charge on any atom is 0.435 e. The first-order valence-corrected chi connectivity index (χ1v) is 11.0. The first kappa shape index (κ1) is 26.7. The molecule has 0 fully saturated rings. The van der Waals surface area contributed by atoms with Crippen LogP contribution < -0.4 is 16.0 Å². The van der Waals surface area contributed by atoms with E-state index in [2.05, 4.69) is 21.0 Å². The van der Waals surface area contributed by atoms with Gasteiger partial charge in [-0.1, -0.05) is 32.0 Å². The minimum atomic E-state index is -4.65. The van der Waals surface area contributed by atoms with Crippen LogP contribution in [0, 0.1) is 5.92 Å². The van der Waals surface area contributed by atoms with Crippen molar-refractivity contribution < 1.29 is 32.0 Å². The molecule has 0 radical (unpaired) electrons. The van der Waals surface area contributed by atoms with Gasteiger partial charge >= 0.3 is 6.18 Å². The van der Waals surface area contributed by atoms with E-state index in [4.69, 9.17) is 4.42 Å². The lowest BCUT2D eigenvalue weighted by Crippen LogP contribution is -2.47. The number of aromatic nitrogens is 2. The summed E-state index contributed by atoms with van der Waals surface area (Å²) in [6, 6.07) is 10.0. The fourth-order valence-electron chi connectivity index (χ4n) is 3.56. The Hall–Kier alpha value is -3.93. The Kier molecular flexibility index (Phi) is 7.98. The highest BCUT2D eigenvalue weighted by molar-refractivity contribution is 6.05. The molecule has 192 valence electrons. The van der Waals surface area contributed by atoms with Crippen LogP contribution in [0.3, 0.4) is 0 Å². The molecular formula is C24H26F3N5O4. The number of nitrogens with zero attached hydrogens (tertiary/aromatic N) is 2. The number of rotatable bonds is 8. The lowest BCUT2D eigenvalue weighted by atomic mass is 10.0. The molecule has 0 saturated heterocycles. The van der Waals surface area contributed by atoms with Gasteiger partial charge in [-0.25, -0.2) is 0 Å². The summed E-state index contributed by atoms with van der Waals surface area (Å²) in [7, 11) is 2.89. The maximum atomic E-state index is 12.8. The molecule has 3 rings (SSSR count). The number of hydrogen-bond donors (Lipinski definition) is 3. The lowest BCUT2D eigenvalue weighted by Gasteiger charge is -2.18. The van der Waals surface area contributed by atoms with Crippen LogP contribution >= 0.6 is 0 Å². The van der Waals surface area contributed by atoms with Crippen LogP contribution in [-0.4, -0.2) is 40.6 Å². The molecule has 0 aliphatic rings. The summed E-state index contributed by atoms with van der Waals surface area (Å²) in [6.07, 6.45) is -4.65. The van der Waals surface area contributed by atoms with Gasteiger partial charge in [-0.05, 0) is 36.7 Å². The smallest absolute Gasteiger partial charge is 0.435 e. The van der Waals surface area contributed by atoms with Crippen molar-refractivity contribution in [3.63, 3.8) is 0 Å². The molecule has 12 heteroatoms. The van der Waals surface area contributed by atoms with Crippen LogP contribution in [0.5, 0.6) is 0 Å². The van der Waals surface area contributed by atoms with Crippen molar-refractivity contribution in [2.24, 2.45) is 13.0 Å². The summed E-state index contributed by atoms with van der Waals surface area (Å²) in [5.41, 5.74) is -0.136. The molecule has 1 aromatic carbocycles. The number of carbonyl (C=O) groups excluding carboxylic acids is 3. The SMILES string of the molecule is CN[C@H](C(=O)NC(=O)c1ccc(-c2cccc(CNC(=O)c3cc(C(F)(F)F)nn3C)c2)o1)C(C)C. The van der Waals surface area contributed by atoms with Gasteiger partial charge in [-0.15, -0.1) is 0 Å². The molecule has 1 atom stereocenters. The van der Waals surface area contributed by atoms with E-state index in [0.29, 0.717) is 23.0 Å². The normalized spacial score (nSPS) is 12.4. The molecule has 0 unspecified atom stereocenters. The van der Waals surface area contributed by atoms with E-state index < -0.39 is 35.6 Å². The third-order valence-electron chi connectivity index (χ3n) is 5.39. The van der Waals surface area contributed by atoms with Gasteiger partial charge in [-0.3, -0.25) is 24.4 Å². The molecule has 0 aliphatic carbocycles. The van der Waals surface area contributed by atoms with Crippen molar-refractivity contribution in [1.29, 1.82) is 0 Å². The zero-order valence-corrected chi connectivity index (χ0v) is 20.1. The molecule has 9 nitrogen and oxygen atoms in total. The Bertz CT molecular complexity index is 1260. The number of amides is 3. The number of benzene rings is 1. The van der Waals surface area contributed by atoms with Gasteiger partial charge in [0.2, 0.25) is 5.91 Å². The summed E-state index contributed by atoms with van der Waals surface area (Å²) in [6.45, 7) is 3.73. The zero-order chi connectivity index (χ0) is 26.6. The quantitative estimate of drug-likeness (QED) is 0.433. The first-order valence-electron chi connectivity index (χ1n) is 11.0. The number of halogens is 3. The Morgan fingerprint density at radius 3 is 2.42 bits per heavy atom. The predicted octanol–water partition coefficient (Wildman–Crippen LogP) is 3.13. The van der Waals surface area contributed by atoms with Crippen molar-refractivity contribution in [2.45, 2.75) is 32.6 Å². The summed E-state index contributed by atoms with van der Waals surface area (Å²) in [5, 5.41) is 11.1. The van der Waals surface area contributed by atoms with Gasteiger partial charge in [0.1, 0.15) is 11.5 Å². The highest BCUT2D eigenvalue weighted by Gasteiger charge is 2.35. The number of carbonyl (C=O) groups is 3. The Morgan fingerprint density at radius 1 is 1.08 bits per heavy atom. The van der Waals surface area contributed by atoms with Crippen molar-refractivity contribution in [2.75, 3.05) is 7.05 Å². The van der Waals surface area contributed by atoms with Gasteiger partial charge in [0.15, 0.2) is 11.5 Å². The fourth-order valence-corrected chi connectivity index (χ4v) is 3.56. The highest BCUT2D eigenvalue weighted by atomic mass is 19.4. The van der Waals surface area contributed by atoms with Crippen LogP contribution in [0.4, 0.5) is 13.2 Å². The average molecular weight is 505 g/mol. The second-order valence-electron chi connectivity index (χ2n) is 8.41. The third-order valence-corrected chi connectivity index (χ3v) is 5.39. The predicted molar refractivity (Wildman–Crippen MR) is 124 cm³/mol. The second-order valence-corrected chi connectivity index (χ2v) is 8.41. The minimum absolute atomic E-state index is 0.0252. The van der Waals surface area contributed by atoms with Gasteiger partial charge in [0.05, 0.1) is 6.04 Å². The molecule has 2 heterocycles. The number of aryl methyl sites for hydroxylation is 1. The summed E-state index contributed by atoms with van der Waals surface area (Å²) in [4.78, 5) is 37.1. The number of nitrogens with one attached hydrogen (secondary N) is 3. The zero-order valence-electron chi connectivity index (χ0n) is 20.1. The van der Waals surface area contributed by atoms with E-state index in [1.165, 1.54) is 13.1 Å². The molecule has 36 heavy (non-hydrogen) atoms. The lowest BCUT2D eigenvalue weighted by molar-refractivity contribution is -0.141. The molecule has 3 N–H and O–H groups in total. The molecule has 0 bridgehead atoms. The average Bonchev–Trinajstić information content (AvgIpc) is 3.45. The number of alkyl halides is 3. The van der Waals surface area contributed by atoms with E-state index >= 15 is 0 Å². The van der Waals surface area contributed by atoms with E-state index in [-0.39, 0.29) is 23.9 Å². The molecule has 0 spiro atoms. The van der Waals surface area contributed by atoms with Crippen molar-refractivity contribution >= 4 is 17.7 Å². The number of imide groups is 1. The topological polar surface area (TPSA) is 118 Å². The largest absolute Gasteiger partial charge is 0.451 e. The molecule has 2 aromatic heterocycles. The monoisotopic (exact) mass is 505 g/mol. The van der Waals surface area contributed by atoms with Crippen LogP contribution in [0.15, 0.2) is 46.9 Å². The Labute approximate surface area is 205 Å². The molecule has 3 amide bonds. The Balaban J connectivity index is 1.66. The van der Waals surface area contributed by atoms with Crippen molar-refractivity contribution in [1.82, 2.24) is 25.7 Å². The number of furan rings is 1. The van der Waals surface area contributed by atoms with Crippen LogP contribution in [0.2, 0.25) is 0 Å². The van der Waals surface area contributed by atoms with Gasteiger partial charge < -0.3 is 15.1 Å². The molecular weight excluding hydrogens is 479 g/mol. The third kappa shape index (κ3) is 6.19. The van der Waals surface area contributed by atoms with E-state index in [0.717, 1.165) is 4.68 Å². The van der Waals surface area contributed by atoms with E-state index in [1.807, 2.05) is 13.8 Å². The van der Waals surface area contributed by atoms with Gasteiger partial charge in [0, 0.05) is 25.2 Å². The summed E-state index contributed by atoms with van der Waals surface area (Å²) >= 11 is 0. The Morgan fingerprint density at radius 2 is 1.81 bits per heavy atom. The standard InChI is InChI=1S/C24H26F3N5O4/c1-13(2)20(28-3)23(35)30-22(34)18-9-8-17(36-18)15-7-5-6-14(10-15)12-29-21(33)16-11-19(24(25,26)27)31-32(16)4/h5-11,13,20,28H,12H2,1-4H3,(H,29,33)(H,30,34,35)/t20-/m0/s1. The van der Waals surface area contributed by atoms with Crippen molar-refractivity contribution in [3.05, 3.63) is 65.2 Å². The van der Waals surface area contributed by atoms with Crippen LogP contribution in [0.25, 0.3) is 11.3 Å². The van der Waals surface area contributed by atoms with E-state index in [9.17, 15) is 27.6 Å². The number of hydrogen-bond acceptors (Lipinski definition) is 6. The summed E-state index contributed by atoms with van der Waals surface area (Å²) < 4.78 is 45.0. The molecule has 0 aliphatic heterocycles. The van der Waals surface area contributed by atoms with E-state index in [1.54, 1.807) is 37.4 Å². The minimum Gasteiger partial charge on any atom is -0.451 e. The molecule has 0 saturated carbocycles.